The van der Waals surface area contributed by atoms with Crippen LogP contribution >= 0.6 is 0 Å². The van der Waals surface area contributed by atoms with Crippen LogP contribution in [0, 0.1) is 0 Å². The highest BCUT2D eigenvalue weighted by atomic mass is 16.5. The fourth-order valence-electron chi connectivity index (χ4n) is 2.11. The molecule has 1 aliphatic heterocycles. The monoisotopic (exact) mass is 219 g/mol. The summed E-state index contributed by atoms with van der Waals surface area (Å²) in [4.78, 5) is 14.0. The van der Waals surface area contributed by atoms with E-state index in [1.807, 2.05) is 24.3 Å². The molecule has 16 heavy (non-hydrogen) atoms. The molecule has 0 N–H and O–H groups in total. The van der Waals surface area contributed by atoms with Gasteiger partial charge in [0, 0.05) is 44.5 Å². The Bertz CT molecular complexity index is 376. The van der Waals surface area contributed by atoms with E-state index in [0.29, 0.717) is 6.42 Å². The fraction of sp³-hybridized carbons (Fsp3) is 0.462. The van der Waals surface area contributed by atoms with Crippen molar-refractivity contribution < 1.29 is 9.53 Å². The summed E-state index contributed by atoms with van der Waals surface area (Å²) in [5, 5.41) is 0. The molecule has 0 saturated carbocycles. The van der Waals surface area contributed by atoms with Gasteiger partial charge in [-0.3, -0.25) is 4.79 Å². The number of hydrogen-bond acceptors (Lipinski definition) is 3. The van der Waals surface area contributed by atoms with E-state index >= 15 is 0 Å². The van der Waals surface area contributed by atoms with Gasteiger partial charge < -0.3 is 9.64 Å². The van der Waals surface area contributed by atoms with E-state index in [1.165, 1.54) is 0 Å². The van der Waals surface area contributed by atoms with Gasteiger partial charge in [0.05, 0.1) is 0 Å². The lowest BCUT2D eigenvalue weighted by molar-refractivity contribution is 0.0979. The Kier molecular flexibility index (Phi) is 3.57. The predicted octanol–water partition coefficient (Wildman–Crippen LogP) is 2.12. The van der Waals surface area contributed by atoms with Gasteiger partial charge in [-0.05, 0) is 18.6 Å². The summed E-state index contributed by atoms with van der Waals surface area (Å²) in [6.07, 6.45) is 1.63. The summed E-state index contributed by atoms with van der Waals surface area (Å²) < 4.78 is 5.05. The first-order valence-electron chi connectivity index (χ1n) is 5.69. The van der Waals surface area contributed by atoms with Gasteiger partial charge in [0.2, 0.25) is 0 Å². The second-order valence-corrected chi connectivity index (χ2v) is 4.02. The Morgan fingerprint density at radius 2 is 2.19 bits per heavy atom. The molecule has 1 aromatic carbocycles. The zero-order valence-corrected chi connectivity index (χ0v) is 9.61. The summed E-state index contributed by atoms with van der Waals surface area (Å²) in [7, 11) is 1.72. The maximum atomic E-state index is 11.7. The first-order valence-corrected chi connectivity index (χ1v) is 5.69. The number of fused-ring (bicyclic) bond motifs is 1. The molecule has 0 bridgehead atoms. The van der Waals surface area contributed by atoms with Gasteiger partial charge in [-0.25, -0.2) is 0 Å². The molecule has 0 fully saturated rings. The highest BCUT2D eigenvalue weighted by Gasteiger charge is 2.21. The van der Waals surface area contributed by atoms with Crippen LogP contribution < -0.4 is 4.90 Å². The summed E-state index contributed by atoms with van der Waals surface area (Å²) in [6.45, 7) is 2.56. The summed E-state index contributed by atoms with van der Waals surface area (Å²) in [6, 6.07) is 7.86. The number of hydrogen-bond donors (Lipinski definition) is 0. The van der Waals surface area contributed by atoms with E-state index in [2.05, 4.69) is 4.90 Å². The van der Waals surface area contributed by atoms with Crippen LogP contribution in [0.3, 0.4) is 0 Å². The van der Waals surface area contributed by atoms with Crippen molar-refractivity contribution in [3.05, 3.63) is 29.8 Å². The number of anilines is 1. The highest BCUT2D eigenvalue weighted by molar-refractivity contribution is 6.03. The van der Waals surface area contributed by atoms with Crippen molar-refractivity contribution in [2.24, 2.45) is 0 Å². The van der Waals surface area contributed by atoms with E-state index in [-0.39, 0.29) is 5.78 Å². The van der Waals surface area contributed by atoms with Crippen molar-refractivity contribution in [3.63, 3.8) is 0 Å². The molecule has 2 rings (SSSR count). The number of ketones is 1. The van der Waals surface area contributed by atoms with E-state index in [4.69, 9.17) is 4.74 Å². The van der Waals surface area contributed by atoms with Crippen LogP contribution in [0.25, 0.3) is 0 Å². The molecule has 3 nitrogen and oxygen atoms in total. The maximum Gasteiger partial charge on any atom is 0.166 e. The van der Waals surface area contributed by atoms with Gasteiger partial charge in [-0.1, -0.05) is 12.1 Å². The molecule has 0 aliphatic carbocycles. The third-order valence-corrected chi connectivity index (χ3v) is 2.93. The van der Waals surface area contributed by atoms with Crippen LogP contribution in [-0.2, 0) is 4.74 Å². The summed E-state index contributed by atoms with van der Waals surface area (Å²) in [5.74, 6) is 0.263. The summed E-state index contributed by atoms with van der Waals surface area (Å²) >= 11 is 0. The average Bonchev–Trinajstić information content (AvgIpc) is 2.33. The molecule has 1 heterocycles. The van der Waals surface area contributed by atoms with Crippen molar-refractivity contribution in [2.75, 3.05) is 31.7 Å². The Balaban J connectivity index is 2.12. The first kappa shape index (κ1) is 11.1. The number of carbonyl (C=O) groups excluding carboxylic acids is 1. The number of methoxy groups -OCH3 is 1. The SMILES string of the molecule is COCCCN1CCC(=O)c2ccccc21. The van der Waals surface area contributed by atoms with Gasteiger partial charge in [0.15, 0.2) is 5.78 Å². The van der Waals surface area contributed by atoms with Gasteiger partial charge in [-0.15, -0.1) is 0 Å². The molecule has 0 spiro atoms. The Morgan fingerprint density at radius 1 is 1.38 bits per heavy atom. The molecule has 0 aromatic heterocycles. The van der Waals surface area contributed by atoms with Gasteiger partial charge in [-0.2, -0.15) is 0 Å². The number of nitrogens with zero attached hydrogens (tertiary/aromatic N) is 1. The largest absolute Gasteiger partial charge is 0.385 e. The van der Waals surface area contributed by atoms with Crippen LogP contribution in [0.15, 0.2) is 24.3 Å². The second kappa shape index (κ2) is 5.12. The quantitative estimate of drug-likeness (QED) is 0.726. The molecular formula is C13H17NO2. The third-order valence-electron chi connectivity index (χ3n) is 2.93. The molecule has 86 valence electrons. The van der Waals surface area contributed by atoms with Crippen molar-refractivity contribution in [3.8, 4) is 0 Å². The van der Waals surface area contributed by atoms with Crippen LogP contribution in [-0.4, -0.2) is 32.6 Å². The standard InChI is InChI=1S/C13H17NO2/c1-16-10-4-8-14-9-7-13(15)11-5-2-3-6-12(11)14/h2-3,5-6H,4,7-10H2,1H3. The van der Waals surface area contributed by atoms with Crippen molar-refractivity contribution in [2.45, 2.75) is 12.8 Å². The Morgan fingerprint density at radius 3 is 3.00 bits per heavy atom. The summed E-state index contributed by atoms with van der Waals surface area (Å²) in [5.41, 5.74) is 1.95. The van der Waals surface area contributed by atoms with Crippen LogP contribution in [0.1, 0.15) is 23.2 Å². The number of para-hydroxylation sites is 1. The molecular weight excluding hydrogens is 202 g/mol. The number of Topliss-reactive ketones (excluding diaryl/α,β-unsaturated/α-hetero) is 1. The minimum Gasteiger partial charge on any atom is -0.385 e. The van der Waals surface area contributed by atoms with E-state index in [0.717, 1.165) is 37.4 Å². The van der Waals surface area contributed by atoms with E-state index < -0.39 is 0 Å². The number of benzene rings is 1. The van der Waals surface area contributed by atoms with Crippen molar-refractivity contribution >= 4 is 11.5 Å². The molecule has 1 aliphatic rings. The van der Waals surface area contributed by atoms with Crippen LogP contribution in [0.4, 0.5) is 5.69 Å². The average molecular weight is 219 g/mol. The normalized spacial score (nSPS) is 15.1. The molecule has 3 heteroatoms. The number of ether oxygens (including phenoxy) is 1. The minimum absolute atomic E-state index is 0.263. The number of rotatable bonds is 4. The fourth-order valence-corrected chi connectivity index (χ4v) is 2.11. The maximum absolute atomic E-state index is 11.7. The highest BCUT2D eigenvalue weighted by Crippen LogP contribution is 2.26. The second-order valence-electron chi connectivity index (χ2n) is 4.02. The lowest BCUT2D eigenvalue weighted by Gasteiger charge is -2.30. The van der Waals surface area contributed by atoms with Gasteiger partial charge in [0.25, 0.3) is 0 Å². The molecule has 0 radical (unpaired) electrons. The smallest absolute Gasteiger partial charge is 0.166 e. The van der Waals surface area contributed by atoms with Crippen LogP contribution in [0.2, 0.25) is 0 Å². The van der Waals surface area contributed by atoms with E-state index in [9.17, 15) is 4.79 Å². The Labute approximate surface area is 96.0 Å². The van der Waals surface area contributed by atoms with Crippen molar-refractivity contribution in [1.82, 2.24) is 0 Å². The molecule has 0 amide bonds. The molecule has 0 unspecified atom stereocenters. The zero-order chi connectivity index (χ0) is 11.4. The Hall–Kier alpha value is -1.35. The third kappa shape index (κ3) is 2.25. The molecule has 0 atom stereocenters. The molecule has 0 saturated heterocycles. The van der Waals surface area contributed by atoms with Crippen LogP contribution in [0.5, 0.6) is 0 Å². The van der Waals surface area contributed by atoms with Gasteiger partial charge >= 0.3 is 0 Å². The molecule has 1 aromatic rings. The predicted molar refractivity (Wildman–Crippen MR) is 64.1 cm³/mol. The first-order chi connectivity index (χ1) is 7.83. The topological polar surface area (TPSA) is 29.5 Å². The zero-order valence-electron chi connectivity index (χ0n) is 9.61. The van der Waals surface area contributed by atoms with Crippen molar-refractivity contribution in [1.29, 1.82) is 0 Å². The number of carbonyl (C=O) groups is 1. The van der Waals surface area contributed by atoms with Gasteiger partial charge in [0.1, 0.15) is 0 Å². The lowest BCUT2D eigenvalue weighted by Crippen LogP contribution is -2.33. The lowest BCUT2D eigenvalue weighted by atomic mass is 10.0. The minimum atomic E-state index is 0.263. The van der Waals surface area contributed by atoms with E-state index in [1.54, 1.807) is 7.11 Å².